The smallest absolute Gasteiger partial charge is 0.227 e. The van der Waals surface area contributed by atoms with E-state index in [1.54, 1.807) is 11.0 Å². The van der Waals surface area contributed by atoms with Crippen molar-refractivity contribution in [2.75, 3.05) is 19.7 Å². The first-order valence-electron chi connectivity index (χ1n) is 9.08. The molecule has 1 fully saturated rings. The molecule has 1 aliphatic heterocycles. The number of hydrogen-bond donors (Lipinski definition) is 1. The average molecular weight is 392 g/mol. The fourth-order valence-corrected chi connectivity index (χ4v) is 3.50. The van der Waals surface area contributed by atoms with Crippen LogP contribution in [0.25, 0.3) is 0 Å². The van der Waals surface area contributed by atoms with Gasteiger partial charge < -0.3 is 14.7 Å². The molecule has 1 saturated heterocycles. The Hall–Kier alpha value is -2.11. The lowest BCUT2D eigenvalue weighted by Gasteiger charge is -2.27. The number of carbonyl (C=O) groups excluding carboxylic acids is 1. The lowest BCUT2D eigenvalue weighted by molar-refractivity contribution is -0.130. The zero-order valence-corrected chi connectivity index (χ0v) is 15.8. The molecule has 144 valence electrons. The zero-order chi connectivity index (χ0) is 19.3. The number of rotatable bonds is 5. The van der Waals surface area contributed by atoms with E-state index in [9.17, 15) is 14.3 Å². The lowest BCUT2D eigenvalue weighted by Crippen LogP contribution is -2.38. The van der Waals surface area contributed by atoms with Gasteiger partial charge >= 0.3 is 0 Å². The van der Waals surface area contributed by atoms with Gasteiger partial charge in [-0.15, -0.1) is 0 Å². The molecule has 2 aromatic carbocycles. The Balaban J connectivity index is 1.58. The maximum absolute atomic E-state index is 13.9. The summed E-state index contributed by atoms with van der Waals surface area (Å²) in [5, 5.41) is 11.1. The van der Waals surface area contributed by atoms with Gasteiger partial charge in [0.15, 0.2) is 0 Å². The van der Waals surface area contributed by atoms with Gasteiger partial charge in [-0.25, -0.2) is 4.39 Å². The second-order valence-corrected chi connectivity index (χ2v) is 7.34. The van der Waals surface area contributed by atoms with E-state index < -0.39 is 11.4 Å². The Morgan fingerprint density at radius 1 is 1.15 bits per heavy atom. The fourth-order valence-electron chi connectivity index (χ4n) is 3.27. The molecule has 1 unspecified atom stereocenters. The largest absolute Gasteiger partial charge is 0.491 e. The van der Waals surface area contributed by atoms with Gasteiger partial charge in [-0.05, 0) is 43.5 Å². The number of hydrogen-bond acceptors (Lipinski definition) is 3. The number of para-hydroxylation sites is 1. The van der Waals surface area contributed by atoms with Gasteiger partial charge in [-0.2, -0.15) is 0 Å². The van der Waals surface area contributed by atoms with Gasteiger partial charge in [0, 0.05) is 23.7 Å². The van der Waals surface area contributed by atoms with E-state index in [1.165, 1.54) is 12.1 Å². The summed E-state index contributed by atoms with van der Waals surface area (Å²) < 4.78 is 19.6. The summed E-state index contributed by atoms with van der Waals surface area (Å²) in [7, 11) is 0. The van der Waals surface area contributed by atoms with Crippen molar-refractivity contribution in [3.05, 3.63) is 64.9 Å². The summed E-state index contributed by atoms with van der Waals surface area (Å²) >= 11 is 6.02. The maximum atomic E-state index is 13.9. The minimum absolute atomic E-state index is 0.0789. The van der Waals surface area contributed by atoms with Gasteiger partial charge in [0.2, 0.25) is 5.91 Å². The fraction of sp³-hybridized carbons (Fsp3) is 0.381. The molecular formula is C21H23ClFNO3. The van der Waals surface area contributed by atoms with Crippen LogP contribution in [0.5, 0.6) is 5.75 Å². The summed E-state index contributed by atoms with van der Waals surface area (Å²) in [5.74, 6) is 0.0472. The third kappa shape index (κ3) is 5.21. The van der Waals surface area contributed by atoms with E-state index in [1.807, 2.05) is 30.3 Å². The standard InChI is InChI=1S/C21H23ClFNO3/c22-18-8-4-9-19(23)17(18)14-20(25)24-12-5-10-21(26,11-13-24)15-27-16-6-2-1-3-7-16/h1-4,6-9,26H,5,10-15H2. The van der Waals surface area contributed by atoms with Crippen molar-refractivity contribution in [3.63, 3.8) is 0 Å². The minimum Gasteiger partial charge on any atom is -0.491 e. The molecule has 1 aliphatic rings. The number of halogens is 2. The van der Waals surface area contributed by atoms with Crippen molar-refractivity contribution < 1.29 is 19.0 Å². The number of aliphatic hydroxyl groups is 1. The molecule has 2 aromatic rings. The van der Waals surface area contributed by atoms with Gasteiger partial charge in [0.1, 0.15) is 23.8 Å². The molecule has 0 bridgehead atoms. The third-order valence-electron chi connectivity index (χ3n) is 4.91. The van der Waals surface area contributed by atoms with Crippen molar-refractivity contribution in [2.45, 2.75) is 31.3 Å². The molecule has 1 amide bonds. The third-order valence-corrected chi connectivity index (χ3v) is 5.26. The molecule has 1 N–H and O–H groups in total. The van der Waals surface area contributed by atoms with Crippen LogP contribution >= 0.6 is 11.6 Å². The minimum atomic E-state index is -0.986. The SMILES string of the molecule is O=C(Cc1c(F)cccc1Cl)N1CCCC(O)(COc2ccccc2)CC1. The highest BCUT2D eigenvalue weighted by molar-refractivity contribution is 6.31. The van der Waals surface area contributed by atoms with Gasteiger partial charge in [-0.1, -0.05) is 35.9 Å². The summed E-state index contributed by atoms with van der Waals surface area (Å²) in [6.45, 7) is 1.11. The second kappa shape index (κ2) is 8.72. The molecule has 6 heteroatoms. The molecule has 0 aliphatic carbocycles. The molecule has 4 nitrogen and oxygen atoms in total. The van der Waals surface area contributed by atoms with Crippen molar-refractivity contribution in [3.8, 4) is 5.75 Å². The van der Waals surface area contributed by atoms with Crippen LogP contribution < -0.4 is 4.74 Å². The summed E-state index contributed by atoms with van der Waals surface area (Å²) in [6, 6.07) is 13.7. The molecule has 1 heterocycles. The molecular weight excluding hydrogens is 369 g/mol. The van der Waals surface area contributed by atoms with Crippen LogP contribution in [0.4, 0.5) is 4.39 Å². The predicted molar refractivity (Wildman–Crippen MR) is 102 cm³/mol. The summed E-state index contributed by atoms with van der Waals surface area (Å²) in [4.78, 5) is 14.3. The summed E-state index contributed by atoms with van der Waals surface area (Å²) in [6.07, 6.45) is 1.54. The highest BCUT2D eigenvalue weighted by atomic mass is 35.5. The maximum Gasteiger partial charge on any atom is 0.227 e. The highest BCUT2D eigenvalue weighted by Gasteiger charge is 2.32. The number of amides is 1. The van der Waals surface area contributed by atoms with Gasteiger partial charge in [0.25, 0.3) is 0 Å². The Bertz CT molecular complexity index is 766. The summed E-state index contributed by atoms with van der Waals surface area (Å²) in [5.41, 5.74) is -0.767. The van der Waals surface area contributed by atoms with E-state index in [0.717, 1.165) is 0 Å². The van der Waals surface area contributed by atoms with Crippen molar-refractivity contribution in [2.24, 2.45) is 0 Å². The van der Waals surface area contributed by atoms with Crippen LogP contribution in [0.2, 0.25) is 5.02 Å². The molecule has 0 aromatic heterocycles. The predicted octanol–water partition coefficient (Wildman–Crippen LogP) is 3.84. The van der Waals surface area contributed by atoms with Crippen molar-refractivity contribution >= 4 is 17.5 Å². The average Bonchev–Trinajstić information content (AvgIpc) is 2.86. The molecule has 0 spiro atoms. The van der Waals surface area contributed by atoms with Crippen LogP contribution in [0, 0.1) is 5.82 Å². The molecule has 3 rings (SSSR count). The van der Waals surface area contributed by atoms with Crippen molar-refractivity contribution in [1.82, 2.24) is 4.90 Å². The highest BCUT2D eigenvalue weighted by Crippen LogP contribution is 2.25. The first-order chi connectivity index (χ1) is 13.0. The number of nitrogens with zero attached hydrogens (tertiary/aromatic N) is 1. The van der Waals surface area contributed by atoms with E-state index >= 15 is 0 Å². The van der Waals surface area contributed by atoms with Crippen molar-refractivity contribution in [1.29, 1.82) is 0 Å². The van der Waals surface area contributed by atoms with E-state index in [0.29, 0.717) is 38.1 Å². The quantitative estimate of drug-likeness (QED) is 0.842. The molecule has 0 radical (unpaired) electrons. The number of likely N-dealkylation sites (tertiary alicyclic amines) is 1. The van der Waals surface area contributed by atoms with E-state index in [2.05, 4.69) is 0 Å². The van der Waals surface area contributed by atoms with Crippen LogP contribution in [-0.2, 0) is 11.2 Å². The zero-order valence-electron chi connectivity index (χ0n) is 15.0. The van der Waals surface area contributed by atoms with Crippen LogP contribution in [-0.4, -0.2) is 41.2 Å². The van der Waals surface area contributed by atoms with Gasteiger partial charge in [0.05, 0.1) is 6.42 Å². The molecule has 27 heavy (non-hydrogen) atoms. The Morgan fingerprint density at radius 2 is 1.93 bits per heavy atom. The van der Waals surface area contributed by atoms with E-state index in [-0.39, 0.29) is 29.5 Å². The second-order valence-electron chi connectivity index (χ2n) is 6.94. The Kier molecular flexibility index (Phi) is 6.34. The number of benzene rings is 2. The first-order valence-corrected chi connectivity index (χ1v) is 9.45. The first kappa shape index (κ1) is 19.6. The topological polar surface area (TPSA) is 49.8 Å². The molecule has 0 saturated carbocycles. The monoisotopic (exact) mass is 391 g/mol. The van der Waals surface area contributed by atoms with Crippen LogP contribution in [0.3, 0.4) is 0 Å². The van der Waals surface area contributed by atoms with Crippen LogP contribution in [0.1, 0.15) is 24.8 Å². The lowest BCUT2D eigenvalue weighted by atomic mass is 9.96. The Labute approximate surface area is 163 Å². The number of carbonyl (C=O) groups is 1. The van der Waals surface area contributed by atoms with Gasteiger partial charge in [-0.3, -0.25) is 4.79 Å². The van der Waals surface area contributed by atoms with Crippen LogP contribution in [0.15, 0.2) is 48.5 Å². The Morgan fingerprint density at radius 3 is 2.67 bits per heavy atom. The van der Waals surface area contributed by atoms with E-state index in [4.69, 9.17) is 16.3 Å². The normalized spacial score (nSPS) is 20.2. The number of ether oxygens (including phenoxy) is 1. The molecule has 1 atom stereocenters.